The molecule has 0 spiro atoms. The van der Waals surface area contributed by atoms with Crippen LogP contribution >= 0.6 is 0 Å². The van der Waals surface area contributed by atoms with Gasteiger partial charge < -0.3 is 14.3 Å². The number of alkyl halides is 3. The Morgan fingerprint density at radius 2 is 1.85 bits per heavy atom. The van der Waals surface area contributed by atoms with E-state index in [2.05, 4.69) is 10.3 Å². The van der Waals surface area contributed by atoms with E-state index in [0.717, 1.165) is 22.8 Å². The molecule has 3 aromatic heterocycles. The minimum Gasteiger partial charge on any atom is -0.455 e. The van der Waals surface area contributed by atoms with Gasteiger partial charge in [0.15, 0.2) is 5.43 Å². The molecule has 0 saturated carbocycles. The third kappa shape index (κ3) is 4.25. The maximum absolute atomic E-state index is 13.2. The summed E-state index contributed by atoms with van der Waals surface area (Å²) in [6.07, 6.45) is -0.750. The monoisotopic (exact) mass is 455 g/mol. The second kappa shape index (κ2) is 8.10. The number of aryl methyl sites for hydroxylation is 3. The lowest BCUT2D eigenvalue weighted by atomic mass is 9.99. The highest BCUT2D eigenvalue weighted by Gasteiger charge is 2.32. The summed E-state index contributed by atoms with van der Waals surface area (Å²) in [4.78, 5) is 16.9. The SMILES string of the molecule is Cc1cc(C(C)Nc2ccc(C(F)(F)F)nc2C)c2oc(-c3ccn(C)c3)c(C)c(=O)c2c1. The molecule has 0 aliphatic heterocycles. The van der Waals surface area contributed by atoms with Gasteiger partial charge in [-0.3, -0.25) is 4.79 Å². The smallest absolute Gasteiger partial charge is 0.433 e. The van der Waals surface area contributed by atoms with Gasteiger partial charge in [0.25, 0.3) is 0 Å². The summed E-state index contributed by atoms with van der Waals surface area (Å²) >= 11 is 0. The molecule has 0 aliphatic carbocycles. The largest absolute Gasteiger partial charge is 0.455 e. The number of hydrogen-bond acceptors (Lipinski definition) is 4. The highest BCUT2D eigenvalue weighted by Crippen LogP contribution is 2.34. The van der Waals surface area contributed by atoms with E-state index in [0.29, 0.717) is 28.0 Å². The van der Waals surface area contributed by atoms with Crippen LogP contribution in [0.25, 0.3) is 22.3 Å². The number of anilines is 1. The minimum atomic E-state index is -4.50. The van der Waals surface area contributed by atoms with Crippen molar-refractivity contribution < 1.29 is 17.6 Å². The van der Waals surface area contributed by atoms with E-state index >= 15 is 0 Å². The molecular formula is C25H24F3N3O2. The predicted octanol–water partition coefficient (Wildman–Crippen LogP) is 6.31. The van der Waals surface area contributed by atoms with Crippen molar-refractivity contribution >= 4 is 16.7 Å². The highest BCUT2D eigenvalue weighted by molar-refractivity contribution is 5.84. The second-order valence-corrected chi connectivity index (χ2v) is 8.38. The van der Waals surface area contributed by atoms with Crippen LogP contribution in [0.1, 0.15) is 41.0 Å². The fourth-order valence-electron chi connectivity index (χ4n) is 3.98. The fourth-order valence-corrected chi connectivity index (χ4v) is 3.98. The Hall–Kier alpha value is -3.55. The molecule has 0 saturated heterocycles. The van der Waals surface area contributed by atoms with Crippen molar-refractivity contribution in [2.24, 2.45) is 7.05 Å². The molecule has 8 heteroatoms. The maximum Gasteiger partial charge on any atom is 0.433 e. The molecule has 0 amide bonds. The van der Waals surface area contributed by atoms with E-state index < -0.39 is 11.9 Å². The molecule has 4 aromatic rings. The van der Waals surface area contributed by atoms with Gasteiger partial charge in [-0.15, -0.1) is 0 Å². The lowest BCUT2D eigenvalue weighted by Crippen LogP contribution is -2.14. The molecule has 1 N–H and O–H groups in total. The molecule has 1 aromatic carbocycles. The van der Waals surface area contributed by atoms with Crippen molar-refractivity contribution in [2.45, 2.75) is 39.9 Å². The van der Waals surface area contributed by atoms with Crippen LogP contribution < -0.4 is 10.7 Å². The van der Waals surface area contributed by atoms with E-state index in [1.54, 1.807) is 13.0 Å². The molecule has 3 heterocycles. The molecule has 4 rings (SSSR count). The van der Waals surface area contributed by atoms with Crippen molar-refractivity contribution in [3.05, 3.63) is 81.0 Å². The van der Waals surface area contributed by atoms with Crippen LogP contribution in [0.3, 0.4) is 0 Å². The number of hydrogen-bond donors (Lipinski definition) is 1. The number of fused-ring (bicyclic) bond motifs is 1. The van der Waals surface area contributed by atoms with Crippen LogP contribution in [-0.4, -0.2) is 9.55 Å². The maximum atomic E-state index is 13.2. The molecule has 33 heavy (non-hydrogen) atoms. The van der Waals surface area contributed by atoms with Crippen molar-refractivity contribution in [3.63, 3.8) is 0 Å². The second-order valence-electron chi connectivity index (χ2n) is 8.38. The van der Waals surface area contributed by atoms with Crippen LogP contribution in [0.15, 0.2) is 51.9 Å². The topological polar surface area (TPSA) is 60.1 Å². The fraction of sp³-hybridized carbons (Fsp3) is 0.280. The number of rotatable bonds is 4. The third-order valence-corrected chi connectivity index (χ3v) is 5.70. The lowest BCUT2D eigenvalue weighted by Gasteiger charge is -2.20. The predicted molar refractivity (Wildman–Crippen MR) is 122 cm³/mol. The molecule has 0 bridgehead atoms. The first-order valence-corrected chi connectivity index (χ1v) is 10.5. The number of nitrogens with one attached hydrogen (secondary N) is 1. The number of pyridine rings is 1. The van der Waals surface area contributed by atoms with Gasteiger partial charge in [-0.25, -0.2) is 4.98 Å². The first kappa shape index (κ1) is 22.6. The first-order chi connectivity index (χ1) is 15.5. The number of halogens is 3. The summed E-state index contributed by atoms with van der Waals surface area (Å²) < 4.78 is 47.1. The zero-order chi connectivity index (χ0) is 24.1. The van der Waals surface area contributed by atoms with Crippen molar-refractivity contribution in [2.75, 3.05) is 5.32 Å². The van der Waals surface area contributed by atoms with Gasteiger partial charge in [0.05, 0.1) is 22.8 Å². The highest BCUT2D eigenvalue weighted by atomic mass is 19.4. The van der Waals surface area contributed by atoms with Crippen molar-refractivity contribution in [1.82, 2.24) is 9.55 Å². The van der Waals surface area contributed by atoms with Gasteiger partial charge in [-0.05, 0) is 57.5 Å². The Balaban J connectivity index is 1.82. The summed E-state index contributed by atoms with van der Waals surface area (Å²) in [5, 5.41) is 3.70. The van der Waals surface area contributed by atoms with Gasteiger partial charge in [-0.2, -0.15) is 13.2 Å². The van der Waals surface area contributed by atoms with Crippen molar-refractivity contribution in [1.29, 1.82) is 0 Å². The summed E-state index contributed by atoms with van der Waals surface area (Å²) in [7, 11) is 1.89. The lowest BCUT2D eigenvalue weighted by molar-refractivity contribution is -0.141. The van der Waals surface area contributed by atoms with Crippen LogP contribution in [0.4, 0.5) is 18.9 Å². The standard InChI is InChI=1S/C25H24F3N3O2/c1-13-10-18(15(3)29-20-6-7-21(25(26,27)28)30-16(20)4)24-19(11-13)22(32)14(2)23(33-24)17-8-9-31(5)12-17/h6-12,15,29H,1-5H3. The van der Waals surface area contributed by atoms with E-state index in [-0.39, 0.29) is 17.2 Å². The van der Waals surface area contributed by atoms with E-state index in [4.69, 9.17) is 4.42 Å². The van der Waals surface area contributed by atoms with Crippen LogP contribution in [0.5, 0.6) is 0 Å². The average molecular weight is 455 g/mol. The van der Waals surface area contributed by atoms with Gasteiger partial charge in [0.2, 0.25) is 0 Å². The Kier molecular flexibility index (Phi) is 5.56. The van der Waals surface area contributed by atoms with Gasteiger partial charge in [0.1, 0.15) is 17.0 Å². The molecule has 0 fully saturated rings. The van der Waals surface area contributed by atoms with Crippen LogP contribution in [0.2, 0.25) is 0 Å². The number of aromatic nitrogens is 2. The van der Waals surface area contributed by atoms with Gasteiger partial charge in [0, 0.05) is 36.1 Å². The van der Waals surface area contributed by atoms with E-state index in [1.165, 1.54) is 13.0 Å². The quantitative estimate of drug-likeness (QED) is 0.392. The number of benzene rings is 1. The van der Waals surface area contributed by atoms with Crippen LogP contribution in [0, 0.1) is 20.8 Å². The summed E-state index contributed by atoms with van der Waals surface area (Å²) in [5.74, 6) is 0.498. The Labute approximate surface area is 188 Å². The van der Waals surface area contributed by atoms with Crippen molar-refractivity contribution in [3.8, 4) is 11.3 Å². The summed E-state index contributed by atoms with van der Waals surface area (Å²) in [6, 6.07) is 7.55. The molecule has 5 nitrogen and oxygen atoms in total. The molecular weight excluding hydrogens is 431 g/mol. The molecule has 0 radical (unpaired) electrons. The number of nitrogens with zero attached hydrogens (tertiary/aromatic N) is 2. The van der Waals surface area contributed by atoms with E-state index in [1.807, 2.05) is 50.0 Å². The molecule has 1 unspecified atom stereocenters. The molecule has 0 aliphatic rings. The van der Waals surface area contributed by atoms with Gasteiger partial charge >= 0.3 is 6.18 Å². The first-order valence-electron chi connectivity index (χ1n) is 10.5. The third-order valence-electron chi connectivity index (χ3n) is 5.70. The van der Waals surface area contributed by atoms with Crippen LogP contribution in [-0.2, 0) is 13.2 Å². The summed E-state index contributed by atoms with van der Waals surface area (Å²) in [5.41, 5.74) is 3.04. The Morgan fingerprint density at radius 1 is 1.12 bits per heavy atom. The Morgan fingerprint density at radius 3 is 2.45 bits per heavy atom. The van der Waals surface area contributed by atoms with E-state index in [9.17, 15) is 18.0 Å². The zero-order valence-electron chi connectivity index (χ0n) is 19.0. The normalized spacial score (nSPS) is 12.8. The van der Waals surface area contributed by atoms with Gasteiger partial charge in [-0.1, -0.05) is 6.07 Å². The summed E-state index contributed by atoms with van der Waals surface area (Å²) in [6.45, 7) is 7.03. The zero-order valence-corrected chi connectivity index (χ0v) is 19.0. The molecule has 1 atom stereocenters. The molecule has 172 valence electrons. The minimum absolute atomic E-state index is 0.111. The average Bonchev–Trinajstić information content (AvgIpc) is 3.17. The Bertz CT molecular complexity index is 1420.